The molecule has 3 rings (SSSR count). The number of hydrogen-bond acceptors (Lipinski definition) is 3. The minimum absolute atomic E-state index is 0.302. The van der Waals surface area contributed by atoms with Crippen LogP contribution in [0.2, 0.25) is 0 Å². The number of ether oxygens (including phenoxy) is 1. The van der Waals surface area contributed by atoms with Crippen molar-refractivity contribution in [2.24, 2.45) is 0 Å². The summed E-state index contributed by atoms with van der Waals surface area (Å²) in [7, 11) is 2.25. The largest absolute Gasteiger partial charge is 0.370 e. The van der Waals surface area contributed by atoms with Crippen molar-refractivity contribution in [1.29, 1.82) is 0 Å². The second-order valence-corrected chi connectivity index (χ2v) is 6.60. The Hall–Kier alpha value is -0.120. The van der Waals surface area contributed by atoms with E-state index in [1.54, 1.807) is 0 Å². The highest BCUT2D eigenvalue weighted by atomic mass is 16.5. The zero-order valence-corrected chi connectivity index (χ0v) is 11.8. The van der Waals surface area contributed by atoms with Gasteiger partial charge in [-0.1, -0.05) is 12.8 Å². The third-order valence-corrected chi connectivity index (χ3v) is 5.28. The SMILES string of the molecule is CN1CCCC1CNCC1CCC2(CCCC2)O1. The van der Waals surface area contributed by atoms with Gasteiger partial charge < -0.3 is 15.0 Å². The predicted octanol–water partition coefficient (Wildman–Crippen LogP) is 2.16. The van der Waals surface area contributed by atoms with Crippen molar-refractivity contribution in [3.8, 4) is 0 Å². The first kappa shape index (κ1) is 12.9. The first-order chi connectivity index (χ1) is 8.77. The molecule has 1 spiro atoms. The molecule has 1 aliphatic carbocycles. The summed E-state index contributed by atoms with van der Waals surface area (Å²) in [5.74, 6) is 0. The first-order valence-corrected chi connectivity index (χ1v) is 7.86. The molecule has 0 aromatic carbocycles. The molecule has 0 aromatic heterocycles. The van der Waals surface area contributed by atoms with E-state index in [1.807, 2.05) is 0 Å². The molecule has 0 bridgehead atoms. The molecule has 2 heterocycles. The quantitative estimate of drug-likeness (QED) is 0.830. The molecule has 1 N–H and O–H groups in total. The number of rotatable bonds is 4. The summed E-state index contributed by atoms with van der Waals surface area (Å²) in [4.78, 5) is 2.49. The Kier molecular flexibility index (Phi) is 3.92. The zero-order valence-electron chi connectivity index (χ0n) is 11.8. The average Bonchev–Trinajstić information content (AvgIpc) is 3.06. The summed E-state index contributed by atoms with van der Waals surface area (Å²) in [5.41, 5.74) is 0.302. The van der Waals surface area contributed by atoms with Crippen molar-refractivity contribution in [2.75, 3.05) is 26.7 Å². The maximum atomic E-state index is 6.33. The molecule has 2 aliphatic heterocycles. The minimum Gasteiger partial charge on any atom is -0.370 e. The van der Waals surface area contributed by atoms with Crippen LogP contribution in [0, 0.1) is 0 Å². The van der Waals surface area contributed by atoms with Gasteiger partial charge in [0.1, 0.15) is 0 Å². The van der Waals surface area contributed by atoms with Gasteiger partial charge in [0.25, 0.3) is 0 Å². The molecule has 2 atom stereocenters. The third kappa shape index (κ3) is 2.73. The smallest absolute Gasteiger partial charge is 0.0708 e. The molecular weight excluding hydrogens is 224 g/mol. The summed E-state index contributed by atoms with van der Waals surface area (Å²) >= 11 is 0. The fourth-order valence-electron chi connectivity index (χ4n) is 4.07. The van der Waals surface area contributed by atoms with Gasteiger partial charge in [-0.2, -0.15) is 0 Å². The Morgan fingerprint density at radius 1 is 1.11 bits per heavy atom. The van der Waals surface area contributed by atoms with Gasteiger partial charge in [0.15, 0.2) is 0 Å². The molecule has 1 saturated carbocycles. The Morgan fingerprint density at radius 3 is 2.67 bits per heavy atom. The van der Waals surface area contributed by atoms with Gasteiger partial charge in [-0.3, -0.25) is 0 Å². The number of nitrogens with one attached hydrogen (secondary N) is 1. The van der Waals surface area contributed by atoms with Gasteiger partial charge in [-0.15, -0.1) is 0 Å². The first-order valence-electron chi connectivity index (χ1n) is 7.86. The highest BCUT2D eigenvalue weighted by Gasteiger charge is 2.41. The molecule has 18 heavy (non-hydrogen) atoms. The van der Waals surface area contributed by atoms with Gasteiger partial charge in [-0.25, -0.2) is 0 Å². The van der Waals surface area contributed by atoms with E-state index in [0.717, 1.165) is 19.1 Å². The van der Waals surface area contributed by atoms with E-state index < -0.39 is 0 Å². The topological polar surface area (TPSA) is 24.5 Å². The van der Waals surface area contributed by atoms with Crippen LogP contribution < -0.4 is 5.32 Å². The number of nitrogens with zero attached hydrogens (tertiary/aromatic N) is 1. The predicted molar refractivity (Wildman–Crippen MR) is 73.8 cm³/mol. The summed E-state index contributed by atoms with van der Waals surface area (Å²) in [5, 5.41) is 3.64. The number of likely N-dealkylation sites (tertiary alicyclic amines) is 1. The molecule has 3 heteroatoms. The molecule has 0 amide bonds. The van der Waals surface area contributed by atoms with Crippen LogP contribution in [0.1, 0.15) is 51.4 Å². The Morgan fingerprint density at radius 2 is 1.94 bits per heavy atom. The van der Waals surface area contributed by atoms with Crippen LogP contribution in [-0.4, -0.2) is 49.3 Å². The van der Waals surface area contributed by atoms with Crippen LogP contribution in [-0.2, 0) is 4.74 Å². The fraction of sp³-hybridized carbons (Fsp3) is 1.00. The maximum absolute atomic E-state index is 6.33. The molecule has 2 unspecified atom stereocenters. The molecule has 0 aromatic rings. The molecule has 3 aliphatic rings. The second-order valence-electron chi connectivity index (χ2n) is 6.60. The molecule has 3 fully saturated rings. The van der Waals surface area contributed by atoms with Gasteiger partial charge in [0.05, 0.1) is 11.7 Å². The Labute approximate surface area is 111 Å². The van der Waals surface area contributed by atoms with Crippen molar-refractivity contribution in [1.82, 2.24) is 10.2 Å². The molecule has 3 nitrogen and oxygen atoms in total. The van der Waals surface area contributed by atoms with Crippen LogP contribution in [0.5, 0.6) is 0 Å². The lowest BCUT2D eigenvalue weighted by molar-refractivity contribution is -0.0353. The normalized spacial score (nSPS) is 35.8. The standard InChI is InChI=1S/C15H28N2O/c1-17-10-4-5-13(17)11-16-12-14-6-9-15(18-14)7-2-3-8-15/h13-14,16H,2-12H2,1H3. The van der Waals surface area contributed by atoms with Crippen LogP contribution in [0.3, 0.4) is 0 Å². The Bertz CT molecular complexity index is 276. The van der Waals surface area contributed by atoms with Crippen molar-refractivity contribution in [3.05, 3.63) is 0 Å². The average molecular weight is 252 g/mol. The summed E-state index contributed by atoms with van der Waals surface area (Å²) in [6.07, 6.45) is 11.2. The van der Waals surface area contributed by atoms with E-state index in [0.29, 0.717) is 11.7 Å². The highest BCUT2D eigenvalue weighted by molar-refractivity contribution is 4.93. The van der Waals surface area contributed by atoms with Gasteiger partial charge in [-0.05, 0) is 52.1 Å². The van der Waals surface area contributed by atoms with E-state index >= 15 is 0 Å². The van der Waals surface area contributed by atoms with Crippen LogP contribution in [0.15, 0.2) is 0 Å². The monoisotopic (exact) mass is 252 g/mol. The van der Waals surface area contributed by atoms with Crippen molar-refractivity contribution >= 4 is 0 Å². The third-order valence-electron chi connectivity index (χ3n) is 5.28. The maximum Gasteiger partial charge on any atom is 0.0708 e. The molecule has 104 valence electrons. The van der Waals surface area contributed by atoms with Crippen LogP contribution in [0.4, 0.5) is 0 Å². The van der Waals surface area contributed by atoms with E-state index in [9.17, 15) is 0 Å². The number of hydrogen-bond donors (Lipinski definition) is 1. The highest BCUT2D eigenvalue weighted by Crippen LogP contribution is 2.43. The Balaban J connectivity index is 1.37. The van der Waals surface area contributed by atoms with E-state index in [-0.39, 0.29) is 0 Å². The molecular formula is C15H28N2O. The minimum atomic E-state index is 0.302. The fourth-order valence-corrected chi connectivity index (χ4v) is 4.07. The molecule has 2 saturated heterocycles. The van der Waals surface area contributed by atoms with Gasteiger partial charge >= 0.3 is 0 Å². The lowest BCUT2D eigenvalue weighted by atomic mass is 9.98. The van der Waals surface area contributed by atoms with Crippen LogP contribution >= 0.6 is 0 Å². The lowest BCUT2D eigenvalue weighted by Gasteiger charge is -2.25. The van der Waals surface area contributed by atoms with Crippen molar-refractivity contribution < 1.29 is 4.74 Å². The van der Waals surface area contributed by atoms with Crippen molar-refractivity contribution in [2.45, 2.75) is 69.1 Å². The van der Waals surface area contributed by atoms with Gasteiger partial charge in [0, 0.05) is 19.1 Å². The van der Waals surface area contributed by atoms with Crippen LogP contribution in [0.25, 0.3) is 0 Å². The number of likely N-dealkylation sites (N-methyl/N-ethyl adjacent to an activating group) is 1. The summed E-state index contributed by atoms with van der Waals surface area (Å²) in [6.45, 7) is 3.48. The molecule has 0 radical (unpaired) electrons. The summed E-state index contributed by atoms with van der Waals surface area (Å²) < 4.78 is 6.33. The van der Waals surface area contributed by atoms with E-state index in [4.69, 9.17) is 4.74 Å². The lowest BCUT2D eigenvalue weighted by Crippen LogP contribution is -2.39. The van der Waals surface area contributed by atoms with Gasteiger partial charge in [0.2, 0.25) is 0 Å². The van der Waals surface area contributed by atoms with Crippen molar-refractivity contribution in [3.63, 3.8) is 0 Å². The second kappa shape index (κ2) is 5.48. The van der Waals surface area contributed by atoms with E-state index in [2.05, 4.69) is 17.3 Å². The summed E-state index contributed by atoms with van der Waals surface area (Å²) in [6, 6.07) is 0.756. The zero-order chi connectivity index (χ0) is 12.4. The van der Waals surface area contributed by atoms with E-state index in [1.165, 1.54) is 57.9 Å².